The minimum atomic E-state index is 0.419. The van der Waals surface area contributed by atoms with Gasteiger partial charge in [0, 0.05) is 52.3 Å². The van der Waals surface area contributed by atoms with Gasteiger partial charge in [0.15, 0.2) is 0 Å². The Hall–Kier alpha value is -4.84. The number of aryl methyl sites for hydroxylation is 2. The fourth-order valence-corrected chi connectivity index (χ4v) is 7.57. The summed E-state index contributed by atoms with van der Waals surface area (Å²) < 4.78 is 16.6. The molecule has 0 N–H and O–H groups in total. The predicted octanol–water partition coefficient (Wildman–Crippen LogP) is 10.6. The summed E-state index contributed by atoms with van der Waals surface area (Å²) in [5, 5.41) is 7.51. The Balaban J connectivity index is 1.31. The number of ether oxygens (including phenoxy) is 2. The number of aromatic nitrogens is 4. The van der Waals surface area contributed by atoms with Gasteiger partial charge in [-0.2, -0.15) is 5.10 Å². The third kappa shape index (κ3) is 5.71. The van der Waals surface area contributed by atoms with Crippen LogP contribution in [-0.4, -0.2) is 26.4 Å². The Morgan fingerprint density at radius 2 is 1.70 bits per heavy atom. The molecule has 0 radical (unpaired) electrons. The zero-order chi connectivity index (χ0) is 32.7. The number of hydrogen-bond acceptors (Lipinski definition) is 4. The number of fused-ring (bicyclic) bond motifs is 3. The van der Waals surface area contributed by atoms with E-state index in [1.165, 1.54) is 35.1 Å². The Morgan fingerprint density at radius 1 is 0.872 bits per heavy atom. The van der Waals surface area contributed by atoms with Crippen molar-refractivity contribution in [2.24, 2.45) is 5.92 Å². The van der Waals surface area contributed by atoms with Gasteiger partial charge in [-0.3, -0.25) is 4.57 Å². The number of nitrogens with zero attached hydrogens (tertiary/aromatic N) is 4. The second-order valence-electron chi connectivity index (χ2n) is 13.1. The van der Waals surface area contributed by atoms with E-state index in [1.807, 2.05) is 12.1 Å². The molecular formula is C41H44N4O2. The van der Waals surface area contributed by atoms with Crippen molar-refractivity contribution >= 4 is 21.8 Å². The Bertz CT molecular complexity index is 2120. The molecule has 0 amide bonds. The van der Waals surface area contributed by atoms with Gasteiger partial charge in [-0.15, -0.1) is 0 Å². The third-order valence-corrected chi connectivity index (χ3v) is 9.78. The standard InChI is InChI=1S/C41H44N4O2/c1-7-8-15-37-41(40-27(3)12-11-13-28(40)4)29(5)43-45(37)30-21-26(2)22-33(23-30)47-32-17-18-35-34-14-9-10-16-36(34)44(38(35)24-32)39-25-31(46-6)19-20-42-39/h9-10,12,14,16-25,28,40H,7-8,11,13,15H2,1-6H3/t28-,40?/m0/s1. The summed E-state index contributed by atoms with van der Waals surface area (Å²) >= 11 is 0. The Morgan fingerprint density at radius 3 is 2.51 bits per heavy atom. The lowest BCUT2D eigenvalue weighted by Crippen LogP contribution is -2.17. The molecule has 1 aliphatic rings. The van der Waals surface area contributed by atoms with Crippen molar-refractivity contribution in [3.05, 3.63) is 113 Å². The van der Waals surface area contributed by atoms with Crippen molar-refractivity contribution in [2.45, 2.75) is 72.6 Å². The lowest BCUT2D eigenvalue weighted by Gasteiger charge is -2.30. The molecule has 0 bridgehead atoms. The van der Waals surface area contributed by atoms with Crippen LogP contribution in [0.3, 0.4) is 0 Å². The van der Waals surface area contributed by atoms with E-state index in [2.05, 4.69) is 111 Å². The fraction of sp³-hybridized carbons (Fsp3) is 0.317. The Kier molecular flexibility index (Phi) is 8.35. The lowest BCUT2D eigenvalue weighted by molar-refractivity contribution is 0.414. The van der Waals surface area contributed by atoms with Crippen LogP contribution in [0.15, 0.2) is 90.6 Å². The quantitative estimate of drug-likeness (QED) is 0.150. The van der Waals surface area contributed by atoms with E-state index >= 15 is 0 Å². The first-order chi connectivity index (χ1) is 22.9. The van der Waals surface area contributed by atoms with Crippen LogP contribution in [0, 0.1) is 19.8 Å². The first kappa shape index (κ1) is 30.8. The first-order valence-corrected chi connectivity index (χ1v) is 16.9. The van der Waals surface area contributed by atoms with E-state index in [0.29, 0.717) is 11.8 Å². The largest absolute Gasteiger partial charge is 0.497 e. The van der Waals surface area contributed by atoms with E-state index in [0.717, 1.165) is 75.7 Å². The van der Waals surface area contributed by atoms with Gasteiger partial charge in [0.25, 0.3) is 0 Å². The maximum absolute atomic E-state index is 6.66. The zero-order valence-corrected chi connectivity index (χ0v) is 28.4. The van der Waals surface area contributed by atoms with Gasteiger partial charge in [-0.25, -0.2) is 9.67 Å². The molecule has 1 aliphatic carbocycles. The van der Waals surface area contributed by atoms with Crippen LogP contribution >= 0.6 is 0 Å². The molecule has 6 aromatic rings. The summed E-state index contributed by atoms with van der Waals surface area (Å²) in [4.78, 5) is 4.71. The van der Waals surface area contributed by atoms with Crippen LogP contribution in [0.5, 0.6) is 17.2 Å². The van der Waals surface area contributed by atoms with Gasteiger partial charge >= 0.3 is 0 Å². The van der Waals surface area contributed by atoms with Crippen molar-refractivity contribution in [3.63, 3.8) is 0 Å². The molecular weight excluding hydrogens is 580 g/mol. The number of benzene rings is 3. The van der Waals surface area contributed by atoms with E-state index in [-0.39, 0.29) is 0 Å². The van der Waals surface area contributed by atoms with Crippen LogP contribution < -0.4 is 9.47 Å². The summed E-state index contributed by atoms with van der Waals surface area (Å²) in [6.45, 7) is 11.3. The minimum absolute atomic E-state index is 0.419. The Labute approximate surface area is 277 Å². The van der Waals surface area contributed by atoms with E-state index in [9.17, 15) is 0 Å². The average molecular weight is 625 g/mol. The first-order valence-electron chi connectivity index (χ1n) is 16.9. The van der Waals surface area contributed by atoms with Crippen LogP contribution in [0.1, 0.15) is 74.9 Å². The van der Waals surface area contributed by atoms with Crippen molar-refractivity contribution in [1.29, 1.82) is 0 Å². The summed E-state index contributed by atoms with van der Waals surface area (Å²) in [7, 11) is 1.68. The highest BCUT2D eigenvalue weighted by molar-refractivity contribution is 6.09. The molecule has 6 heteroatoms. The SMILES string of the molecule is CCCCc1c(C2C(C)=CCC[C@@H]2C)c(C)nn1-c1cc(C)cc(Oc2ccc3c4ccccc4n(-c4cc(OC)ccn4)c3c2)c1. The summed E-state index contributed by atoms with van der Waals surface area (Å²) in [5.74, 6) is 4.14. The molecule has 6 nitrogen and oxygen atoms in total. The molecule has 0 saturated carbocycles. The van der Waals surface area contributed by atoms with E-state index in [1.54, 1.807) is 13.3 Å². The molecule has 3 heterocycles. The second-order valence-corrected chi connectivity index (χ2v) is 13.1. The number of allylic oxidation sites excluding steroid dienone is 2. The van der Waals surface area contributed by atoms with Crippen molar-refractivity contribution in [2.75, 3.05) is 7.11 Å². The number of para-hydroxylation sites is 1. The van der Waals surface area contributed by atoms with Gasteiger partial charge in [0.2, 0.25) is 0 Å². The van der Waals surface area contributed by atoms with Gasteiger partial charge < -0.3 is 9.47 Å². The van der Waals surface area contributed by atoms with Crippen molar-refractivity contribution in [3.8, 4) is 28.8 Å². The molecule has 3 aromatic heterocycles. The molecule has 0 saturated heterocycles. The number of methoxy groups -OCH3 is 1. The highest BCUT2D eigenvalue weighted by atomic mass is 16.5. The molecule has 1 unspecified atom stereocenters. The fourth-order valence-electron chi connectivity index (χ4n) is 7.57. The number of hydrogen-bond donors (Lipinski definition) is 0. The maximum atomic E-state index is 6.66. The summed E-state index contributed by atoms with van der Waals surface area (Å²) in [6, 6.07) is 25.0. The van der Waals surface area contributed by atoms with E-state index < -0.39 is 0 Å². The van der Waals surface area contributed by atoms with Crippen molar-refractivity contribution in [1.82, 2.24) is 19.3 Å². The van der Waals surface area contributed by atoms with Gasteiger partial charge in [-0.1, -0.05) is 50.1 Å². The normalized spacial score (nSPS) is 16.5. The van der Waals surface area contributed by atoms with Gasteiger partial charge in [-0.05, 0) is 94.3 Å². The molecule has 0 fully saturated rings. The lowest BCUT2D eigenvalue weighted by atomic mass is 9.75. The molecule has 0 spiro atoms. The highest BCUT2D eigenvalue weighted by Crippen LogP contribution is 2.42. The maximum Gasteiger partial charge on any atom is 0.141 e. The van der Waals surface area contributed by atoms with E-state index in [4.69, 9.17) is 19.6 Å². The van der Waals surface area contributed by atoms with Gasteiger partial charge in [0.1, 0.15) is 23.1 Å². The topological polar surface area (TPSA) is 54.1 Å². The zero-order valence-electron chi connectivity index (χ0n) is 28.4. The third-order valence-electron chi connectivity index (χ3n) is 9.78. The van der Waals surface area contributed by atoms with Crippen molar-refractivity contribution < 1.29 is 9.47 Å². The molecule has 7 rings (SSSR count). The predicted molar refractivity (Wildman–Crippen MR) is 192 cm³/mol. The average Bonchev–Trinajstić information content (AvgIpc) is 3.57. The molecule has 2 atom stereocenters. The molecule has 0 aliphatic heterocycles. The van der Waals surface area contributed by atoms with Crippen LogP contribution in [0.25, 0.3) is 33.3 Å². The van der Waals surface area contributed by atoms with Gasteiger partial charge in [0.05, 0.1) is 29.5 Å². The number of unbranched alkanes of at least 4 members (excludes halogenated alkanes) is 1. The number of rotatable bonds is 9. The van der Waals surface area contributed by atoms with Crippen LogP contribution in [-0.2, 0) is 6.42 Å². The second kappa shape index (κ2) is 12.7. The summed E-state index contributed by atoms with van der Waals surface area (Å²) in [5.41, 5.74) is 9.66. The number of pyridine rings is 1. The van der Waals surface area contributed by atoms with Crippen LogP contribution in [0.2, 0.25) is 0 Å². The van der Waals surface area contributed by atoms with Crippen LogP contribution in [0.4, 0.5) is 0 Å². The summed E-state index contributed by atoms with van der Waals surface area (Å²) in [6.07, 6.45) is 9.89. The smallest absolute Gasteiger partial charge is 0.141 e. The molecule has 3 aromatic carbocycles. The molecule has 47 heavy (non-hydrogen) atoms. The highest BCUT2D eigenvalue weighted by Gasteiger charge is 2.30. The molecule has 240 valence electrons. The minimum Gasteiger partial charge on any atom is -0.497 e. The monoisotopic (exact) mass is 624 g/mol.